The van der Waals surface area contributed by atoms with Crippen LogP contribution in [0.3, 0.4) is 0 Å². The Morgan fingerprint density at radius 2 is 2.22 bits per heavy atom. The lowest BCUT2D eigenvalue weighted by molar-refractivity contribution is -0.385. The molecule has 144 valence electrons. The summed E-state index contributed by atoms with van der Waals surface area (Å²) in [4.78, 5) is 22.2. The van der Waals surface area contributed by atoms with Gasteiger partial charge in [0.05, 0.1) is 22.4 Å². The van der Waals surface area contributed by atoms with Crippen LogP contribution in [0.1, 0.15) is 31.0 Å². The van der Waals surface area contributed by atoms with Gasteiger partial charge in [0.1, 0.15) is 5.15 Å². The molecule has 2 aromatic rings. The summed E-state index contributed by atoms with van der Waals surface area (Å²) >= 11 is 6.28. The number of ether oxygens (including phenoxy) is 1. The first kappa shape index (κ1) is 20.4. The van der Waals surface area contributed by atoms with Gasteiger partial charge >= 0.3 is 5.69 Å². The summed E-state index contributed by atoms with van der Waals surface area (Å²) in [6.45, 7) is 4.17. The highest BCUT2D eigenvalue weighted by Crippen LogP contribution is 2.25. The standard InChI is InChI=1S/C17H20ClN5O4/c1-3-4-9-22-17(18)13(12(2)21-22)10-19-20-16(24)11-27-15-8-6-5-7-14(15)23(25)26/h5-8,10H,3-4,9,11H2,1-2H3,(H,20,24)/b19-10-. The second-order valence-corrected chi connectivity index (χ2v) is 6.03. The number of carbonyl (C=O) groups excluding carboxylic acids is 1. The highest BCUT2D eigenvalue weighted by atomic mass is 35.5. The van der Waals surface area contributed by atoms with Crippen molar-refractivity contribution in [1.29, 1.82) is 0 Å². The number of carbonyl (C=O) groups is 1. The minimum atomic E-state index is -0.577. The third kappa shape index (κ3) is 5.52. The first-order valence-corrected chi connectivity index (χ1v) is 8.72. The lowest BCUT2D eigenvalue weighted by atomic mass is 10.3. The van der Waals surface area contributed by atoms with Crippen molar-refractivity contribution in [3.05, 3.63) is 50.8 Å². The average molecular weight is 394 g/mol. The van der Waals surface area contributed by atoms with E-state index >= 15 is 0 Å². The maximum Gasteiger partial charge on any atom is 0.310 e. The molecule has 1 heterocycles. The van der Waals surface area contributed by atoms with Crippen molar-refractivity contribution in [2.24, 2.45) is 5.10 Å². The van der Waals surface area contributed by atoms with Gasteiger partial charge in [-0.25, -0.2) is 5.43 Å². The van der Waals surface area contributed by atoms with Crippen molar-refractivity contribution in [3.8, 4) is 5.75 Å². The zero-order chi connectivity index (χ0) is 19.8. The van der Waals surface area contributed by atoms with E-state index in [-0.39, 0.29) is 11.4 Å². The fourth-order valence-electron chi connectivity index (χ4n) is 2.24. The number of nitrogens with zero attached hydrogens (tertiary/aromatic N) is 4. The molecular formula is C17H20ClN5O4. The molecule has 0 atom stereocenters. The number of benzene rings is 1. The van der Waals surface area contributed by atoms with Crippen LogP contribution in [0.15, 0.2) is 29.4 Å². The minimum Gasteiger partial charge on any atom is -0.477 e. The monoisotopic (exact) mass is 393 g/mol. The number of nitro groups is 1. The number of aromatic nitrogens is 2. The van der Waals surface area contributed by atoms with E-state index in [1.54, 1.807) is 17.7 Å². The van der Waals surface area contributed by atoms with Crippen molar-refractivity contribution in [1.82, 2.24) is 15.2 Å². The van der Waals surface area contributed by atoms with Gasteiger partial charge in [-0.2, -0.15) is 10.2 Å². The molecule has 0 radical (unpaired) electrons. The maximum absolute atomic E-state index is 11.8. The van der Waals surface area contributed by atoms with Gasteiger partial charge in [-0.15, -0.1) is 0 Å². The van der Waals surface area contributed by atoms with Crippen LogP contribution >= 0.6 is 11.6 Å². The van der Waals surface area contributed by atoms with Crippen LogP contribution in [0, 0.1) is 17.0 Å². The number of hydrogen-bond donors (Lipinski definition) is 1. The van der Waals surface area contributed by atoms with E-state index in [1.165, 1.54) is 24.4 Å². The lowest BCUT2D eigenvalue weighted by Crippen LogP contribution is -2.24. The van der Waals surface area contributed by atoms with E-state index in [1.807, 2.05) is 0 Å². The molecule has 0 fully saturated rings. The van der Waals surface area contributed by atoms with Gasteiger partial charge in [0, 0.05) is 12.6 Å². The Balaban J connectivity index is 1.93. The highest BCUT2D eigenvalue weighted by Gasteiger charge is 2.15. The summed E-state index contributed by atoms with van der Waals surface area (Å²) in [5.41, 5.74) is 3.40. The van der Waals surface area contributed by atoms with Crippen molar-refractivity contribution < 1.29 is 14.5 Å². The second-order valence-electron chi connectivity index (χ2n) is 5.67. The van der Waals surface area contributed by atoms with Crippen LogP contribution in [-0.4, -0.2) is 33.4 Å². The van der Waals surface area contributed by atoms with Gasteiger partial charge in [-0.05, 0) is 19.4 Å². The summed E-state index contributed by atoms with van der Waals surface area (Å²) in [5, 5.41) is 19.6. The summed E-state index contributed by atoms with van der Waals surface area (Å²) in [5.74, 6) is -0.547. The lowest BCUT2D eigenvalue weighted by Gasteiger charge is -2.05. The number of hydrazone groups is 1. The largest absolute Gasteiger partial charge is 0.477 e. The number of aryl methyl sites for hydroxylation is 2. The number of para-hydroxylation sites is 2. The number of hydrogen-bond acceptors (Lipinski definition) is 6. The van der Waals surface area contributed by atoms with Crippen molar-refractivity contribution in [2.45, 2.75) is 33.2 Å². The minimum absolute atomic E-state index is 0.0118. The van der Waals surface area contributed by atoms with E-state index in [2.05, 4.69) is 22.5 Å². The second kappa shape index (κ2) is 9.67. The van der Waals surface area contributed by atoms with Gasteiger partial charge in [0.25, 0.3) is 5.91 Å². The number of amides is 1. The van der Waals surface area contributed by atoms with Crippen LogP contribution in [-0.2, 0) is 11.3 Å². The molecule has 1 amide bonds. The molecule has 27 heavy (non-hydrogen) atoms. The number of unbranched alkanes of at least 4 members (excludes halogenated alkanes) is 1. The molecule has 0 aliphatic rings. The fraction of sp³-hybridized carbons (Fsp3) is 0.353. The van der Waals surface area contributed by atoms with Gasteiger partial charge in [0.2, 0.25) is 0 Å². The first-order valence-electron chi connectivity index (χ1n) is 8.35. The van der Waals surface area contributed by atoms with Crippen LogP contribution in [0.25, 0.3) is 0 Å². The number of rotatable bonds is 9. The van der Waals surface area contributed by atoms with E-state index in [9.17, 15) is 14.9 Å². The maximum atomic E-state index is 11.8. The number of nitrogens with one attached hydrogen (secondary N) is 1. The van der Waals surface area contributed by atoms with E-state index in [4.69, 9.17) is 16.3 Å². The van der Waals surface area contributed by atoms with E-state index < -0.39 is 17.4 Å². The molecule has 0 aliphatic heterocycles. The molecule has 2 rings (SSSR count). The Morgan fingerprint density at radius 3 is 2.93 bits per heavy atom. The number of nitro benzene ring substituents is 1. The molecular weight excluding hydrogens is 374 g/mol. The predicted octanol–water partition coefficient (Wildman–Crippen LogP) is 3.08. The summed E-state index contributed by atoms with van der Waals surface area (Å²) in [6, 6.07) is 5.82. The van der Waals surface area contributed by atoms with Gasteiger partial charge < -0.3 is 4.74 Å². The van der Waals surface area contributed by atoms with Gasteiger partial charge in [0.15, 0.2) is 12.4 Å². The Bertz CT molecular complexity index is 850. The van der Waals surface area contributed by atoms with Crippen LogP contribution in [0.5, 0.6) is 5.75 Å². The average Bonchev–Trinajstić information content (AvgIpc) is 2.92. The number of halogens is 1. The molecule has 1 N–H and O–H groups in total. The topological polar surface area (TPSA) is 112 Å². The van der Waals surface area contributed by atoms with Crippen molar-refractivity contribution >= 4 is 29.4 Å². The quantitative estimate of drug-likeness (QED) is 0.399. The summed E-state index contributed by atoms with van der Waals surface area (Å²) < 4.78 is 6.88. The predicted molar refractivity (Wildman–Crippen MR) is 101 cm³/mol. The SMILES string of the molecule is CCCCn1nc(C)c(/C=N\NC(=O)COc2ccccc2[N+](=O)[O-])c1Cl. The van der Waals surface area contributed by atoms with Crippen molar-refractivity contribution in [2.75, 3.05) is 6.61 Å². The van der Waals surface area contributed by atoms with E-state index in [0.29, 0.717) is 23.0 Å². The molecule has 1 aromatic carbocycles. The molecule has 0 saturated carbocycles. The molecule has 0 aliphatic carbocycles. The molecule has 9 nitrogen and oxygen atoms in total. The van der Waals surface area contributed by atoms with Crippen LogP contribution < -0.4 is 10.2 Å². The Hall–Kier alpha value is -2.94. The summed E-state index contributed by atoms with van der Waals surface area (Å²) in [6.07, 6.45) is 3.39. The normalized spacial score (nSPS) is 10.9. The Kier molecular flexibility index (Phi) is 7.30. The third-order valence-electron chi connectivity index (χ3n) is 3.64. The zero-order valence-corrected chi connectivity index (χ0v) is 15.8. The van der Waals surface area contributed by atoms with Gasteiger partial charge in [-0.3, -0.25) is 19.6 Å². The first-order chi connectivity index (χ1) is 12.9. The fourth-order valence-corrected chi connectivity index (χ4v) is 2.55. The van der Waals surface area contributed by atoms with Crippen LogP contribution in [0.4, 0.5) is 5.69 Å². The third-order valence-corrected chi connectivity index (χ3v) is 4.04. The molecule has 0 bridgehead atoms. The molecule has 0 unspecified atom stereocenters. The smallest absolute Gasteiger partial charge is 0.310 e. The highest BCUT2D eigenvalue weighted by molar-refractivity contribution is 6.32. The molecule has 0 spiro atoms. The van der Waals surface area contributed by atoms with Crippen LogP contribution in [0.2, 0.25) is 5.15 Å². The molecule has 10 heteroatoms. The zero-order valence-electron chi connectivity index (χ0n) is 15.0. The van der Waals surface area contributed by atoms with Crippen molar-refractivity contribution in [3.63, 3.8) is 0 Å². The van der Waals surface area contributed by atoms with E-state index in [0.717, 1.165) is 12.8 Å². The molecule has 1 aromatic heterocycles. The Morgan fingerprint density at radius 1 is 1.48 bits per heavy atom. The Labute approximate surface area is 161 Å². The van der Waals surface area contributed by atoms with Gasteiger partial charge in [-0.1, -0.05) is 37.1 Å². The molecule has 0 saturated heterocycles. The summed E-state index contributed by atoms with van der Waals surface area (Å²) in [7, 11) is 0.